The summed E-state index contributed by atoms with van der Waals surface area (Å²) in [6.45, 7) is 1.76. The molecule has 50 valence electrons. The van der Waals surface area contributed by atoms with Crippen LogP contribution in [-0.2, 0) is 9.84 Å². The first kappa shape index (κ1) is 7.91. The van der Waals surface area contributed by atoms with Crippen LogP contribution in [0.15, 0.2) is 0 Å². The van der Waals surface area contributed by atoms with E-state index in [-0.39, 0.29) is 5.75 Å². The van der Waals surface area contributed by atoms with Gasteiger partial charge in [-0.25, -0.2) is 8.42 Å². The molecule has 0 aromatic heterocycles. The van der Waals surface area contributed by atoms with Gasteiger partial charge in [0.2, 0.25) is 0 Å². The molecule has 0 spiro atoms. The van der Waals surface area contributed by atoms with Crippen LogP contribution in [0.4, 0.5) is 0 Å². The Balaban J connectivity index is 3.76. The van der Waals surface area contributed by atoms with Gasteiger partial charge in [0.1, 0.15) is 5.94 Å². The fraction of sp³-hybridized carbons (Fsp3) is 1.00. The van der Waals surface area contributed by atoms with Crippen molar-refractivity contribution >= 4 is 9.84 Å². The Kier molecular flexibility index (Phi) is 3.01. The lowest BCUT2D eigenvalue weighted by Gasteiger charge is -1.92. The molecule has 0 atom stereocenters. The lowest BCUT2D eigenvalue weighted by atomic mass is 10.6. The van der Waals surface area contributed by atoms with Gasteiger partial charge in [0.15, 0.2) is 9.84 Å². The molecule has 3 nitrogen and oxygen atoms in total. The molecule has 0 radical (unpaired) electrons. The lowest BCUT2D eigenvalue weighted by Crippen LogP contribution is -2.08. The molecule has 0 saturated heterocycles. The summed E-state index contributed by atoms with van der Waals surface area (Å²) >= 11 is 0. The molecule has 0 heterocycles. The molecule has 0 bridgehead atoms. The van der Waals surface area contributed by atoms with Crippen LogP contribution in [0.25, 0.3) is 0 Å². The van der Waals surface area contributed by atoms with Crippen LogP contribution in [0, 0.1) is 0 Å². The first-order chi connectivity index (χ1) is 3.62. The summed E-state index contributed by atoms with van der Waals surface area (Å²) in [5.41, 5.74) is 0. The van der Waals surface area contributed by atoms with E-state index in [1.807, 2.05) is 0 Å². The van der Waals surface area contributed by atoms with Gasteiger partial charge in [0, 0.05) is 0 Å². The molecular formula is C4H10O3S. The Morgan fingerprint density at radius 1 is 1.50 bits per heavy atom. The molecule has 0 aromatic rings. The average Bonchev–Trinajstić information content (AvgIpc) is 1.67. The van der Waals surface area contributed by atoms with Crippen molar-refractivity contribution < 1.29 is 13.5 Å². The Morgan fingerprint density at radius 2 is 2.00 bits per heavy atom. The van der Waals surface area contributed by atoms with Crippen LogP contribution in [-0.4, -0.2) is 25.2 Å². The Morgan fingerprint density at radius 3 is 2.12 bits per heavy atom. The van der Waals surface area contributed by atoms with Crippen molar-refractivity contribution in [2.75, 3.05) is 11.7 Å². The van der Waals surface area contributed by atoms with E-state index in [0.717, 1.165) is 0 Å². The number of aliphatic hydroxyl groups is 1. The van der Waals surface area contributed by atoms with Gasteiger partial charge in [0.25, 0.3) is 0 Å². The van der Waals surface area contributed by atoms with E-state index in [1.54, 1.807) is 6.92 Å². The zero-order valence-corrected chi connectivity index (χ0v) is 5.61. The van der Waals surface area contributed by atoms with E-state index in [9.17, 15) is 8.42 Å². The van der Waals surface area contributed by atoms with Crippen LogP contribution in [0.3, 0.4) is 0 Å². The number of sulfone groups is 1. The van der Waals surface area contributed by atoms with Gasteiger partial charge in [0.05, 0.1) is 5.75 Å². The van der Waals surface area contributed by atoms with Crippen molar-refractivity contribution in [1.82, 2.24) is 0 Å². The quantitative estimate of drug-likeness (QED) is 0.585. The molecule has 0 aromatic carbocycles. The van der Waals surface area contributed by atoms with E-state index in [1.165, 1.54) is 0 Å². The fourth-order valence-electron chi connectivity index (χ4n) is 0.376. The van der Waals surface area contributed by atoms with Crippen molar-refractivity contribution in [2.45, 2.75) is 13.3 Å². The second-order valence-corrected chi connectivity index (χ2v) is 3.73. The molecule has 0 unspecified atom stereocenters. The summed E-state index contributed by atoms with van der Waals surface area (Å²) in [4.78, 5) is 0. The zero-order valence-electron chi connectivity index (χ0n) is 4.79. The fourth-order valence-corrected chi connectivity index (χ4v) is 1.13. The van der Waals surface area contributed by atoms with Crippen molar-refractivity contribution in [2.24, 2.45) is 0 Å². The minimum Gasteiger partial charge on any atom is -0.380 e. The van der Waals surface area contributed by atoms with Gasteiger partial charge in [-0.3, -0.25) is 0 Å². The van der Waals surface area contributed by atoms with Crippen molar-refractivity contribution in [1.29, 1.82) is 0 Å². The van der Waals surface area contributed by atoms with Gasteiger partial charge in [-0.1, -0.05) is 6.92 Å². The number of aliphatic hydroxyl groups excluding tert-OH is 1. The van der Waals surface area contributed by atoms with Gasteiger partial charge >= 0.3 is 0 Å². The summed E-state index contributed by atoms with van der Waals surface area (Å²) < 4.78 is 20.7. The standard InChI is InChI=1S/C4H10O3S/c1-2-3-8(6,7)4-5/h5H,2-4H2,1H3. The maximum Gasteiger partial charge on any atom is 0.173 e. The molecule has 0 rings (SSSR count). The second kappa shape index (κ2) is 3.04. The number of rotatable bonds is 3. The molecule has 8 heavy (non-hydrogen) atoms. The predicted octanol–water partition coefficient (Wildman–Crippen LogP) is -0.239. The predicted molar refractivity (Wildman–Crippen MR) is 31.2 cm³/mol. The van der Waals surface area contributed by atoms with Crippen molar-refractivity contribution in [3.05, 3.63) is 0 Å². The lowest BCUT2D eigenvalue weighted by molar-refractivity contribution is 0.358. The maximum atomic E-state index is 10.3. The van der Waals surface area contributed by atoms with E-state index < -0.39 is 15.8 Å². The SMILES string of the molecule is CCCS(=O)(=O)CO. The monoisotopic (exact) mass is 138 g/mol. The molecule has 0 fully saturated rings. The third-order valence-corrected chi connectivity index (χ3v) is 2.14. The van der Waals surface area contributed by atoms with Gasteiger partial charge in [-0.15, -0.1) is 0 Å². The van der Waals surface area contributed by atoms with E-state index in [0.29, 0.717) is 6.42 Å². The van der Waals surface area contributed by atoms with Crippen molar-refractivity contribution in [3.63, 3.8) is 0 Å². The van der Waals surface area contributed by atoms with Crippen molar-refractivity contribution in [3.8, 4) is 0 Å². The highest BCUT2D eigenvalue weighted by atomic mass is 32.2. The number of hydrogen-bond donors (Lipinski definition) is 1. The maximum absolute atomic E-state index is 10.3. The third-order valence-electron chi connectivity index (χ3n) is 0.712. The van der Waals surface area contributed by atoms with E-state index in [2.05, 4.69) is 0 Å². The highest BCUT2D eigenvalue weighted by molar-refractivity contribution is 7.91. The van der Waals surface area contributed by atoms with E-state index in [4.69, 9.17) is 5.11 Å². The topological polar surface area (TPSA) is 54.4 Å². The summed E-state index contributed by atoms with van der Waals surface area (Å²) in [5, 5.41) is 8.14. The van der Waals surface area contributed by atoms with Gasteiger partial charge in [-0.05, 0) is 6.42 Å². The molecule has 4 heteroatoms. The first-order valence-corrected chi connectivity index (χ1v) is 4.26. The summed E-state index contributed by atoms with van der Waals surface area (Å²) in [5.74, 6) is -0.635. The Labute approximate surface area is 49.3 Å². The van der Waals surface area contributed by atoms with Gasteiger partial charge in [-0.2, -0.15) is 0 Å². The van der Waals surface area contributed by atoms with Crippen LogP contribution >= 0.6 is 0 Å². The van der Waals surface area contributed by atoms with Crippen LogP contribution in [0.2, 0.25) is 0 Å². The highest BCUT2D eigenvalue weighted by Gasteiger charge is 2.04. The molecule has 0 aliphatic carbocycles. The largest absolute Gasteiger partial charge is 0.380 e. The molecule has 0 saturated carbocycles. The third kappa shape index (κ3) is 2.98. The highest BCUT2D eigenvalue weighted by Crippen LogP contribution is 1.89. The smallest absolute Gasteiger partial charge is 0.173 e. The van der Waals surface area contributed by atoms with Crippen LogP contribution < -0.4 is 0 Å². The molecule has 0 aliphatic heterocycles. The molecule has 1 N–H and O–H groups in total. The molecular weight excluding hydrogens is 128 g/mol. The summed E-state index contributed by atoms with van der Waals surface area (Å²) in [6, 6.07) is 0. The first-order valence-electron chi connectivity index (χ1n) is 2.43. The van der Waals surface area contributed by atoms with Gasteiger partial charge < -0.3 is 5.11 Å². The molecule has 0 amide bonds. The van der Waals surface area contributed by atoms with Crippen LogP contribution in [0.1, 0.15) is 13.3 Å². The minimum atomic E-state index is -3.11. The average molecular weight is 138 g/mol. The number of hydrogen-bond acceptors (Lipinski definition) is 3. The summed E-state index contributed by atoms with van der Waals surface area (Å²) in [7, 11) is -3.11. The molecule has 0 aliphatic rings. The van der Waals surface area contributed by atoms with Crippen LogP contribution in [0.5, 0.6) is 0 Å². The Hall–Kier alpha value is -0.0900. The normalized spacial score (nSPS) is 11.8. The zero-order chi connectivity index (χ0) is 6.62. The van der Waals surface area contributed by atoms with E-state index >= 15 is 0 Å². The Bertz CT molecular complexity index is 135. The minimum absolute atomic E-state index is 0.0868. The summed E-state index contributed by atoms with van der Waals surface area (Å²) in [6.07, 6.45) is 0.572. The second-order valence-electron chi connectivity index (χ2n) is 1.58.